The fourth-order valence-corrected chi connectivity index (χ4v) is 3.07. The molecule has 0 aliphatic carbocycles. The highest BCUT2D eigenvalue weighted by atomic mass is 32.2. The summed E-state index contributed by atoms with van der Waals surface area (Å²) in [7, 11) is -2.96. The normalized spacial score (nSPS) is 21.7. The van der Waals surface area contributed by atoms with E-state index in [-0.39, 0.29) is 5.75 Å². The summed E-state index contributed by atoms with van der Waals surface area (Å²) in [6.07, 6.45) is 2.85. The predicted molar refractivity (Wildman–Crippen MR) is 69.4 cm³/mol. The molecule has 1 atom stereocenters. The van der Waals surface area contributed by atoms with Crippen LogP contribution in [0.5, 0.6) is 0 Å². The highest BCUT2D eigenvalue weighted by molar-refractivity contribution is 7.90. The van der Waals surface area contributed by atoms with Crippen LogP contribution in [-0.2, 0) is 19.3 Å². The number of ether oxygens (including phenoxy) is 2. The average molecular weight is 280 g/mol. The predicted octanol–water partition coefficient (Wildman–Crippen LogP) is 0.758. The summed E-state index contributed by atoms with van der Waals surface area (Å²) >= 11 is 0. The number of rotatable bonds is 7. The van der Waals surface area contributed by atoms with Gasteiger partial charge < -0.3 is 14.6 Å². The summed E-state index contributed by atoms with van der Waals surface area (Å²) in [6.45, 7) is 3.62. The molecule has 1 N–H and O–H groups in total. The van der Waals surface area contributed by atoms with Crippen molar-refractivity contribution in [2.24, 2.45) is 0 Å². The molecule has 1 heterocycles. The van der Waals surface area contributed by atoms with Gasteiger partial charge in [-0.05, 0) is 19.8 Å². The second-order valence-corrected chi connectivity index (χ2v) is 7.16. The minimum Gasteiger partial charge on any atom is -0.390 e. The quantitative estimate of drug-likeness (QED) is 0.745. The summed E-state index contributed by atoms with van der Waals surface area (Å²) in [4.78, 5) is 0. The van der Waals surface area contributed by atoms with Crippen LogP contribution in [0.4, 0.5) is 0 Å². The van der Waals surface area contributed by atoms with Crippen LogP contribution in [0.25, 0.3) is 0 Å². The molecule has 1 aliphatic heterocycles. The molecule has 1 aliphatic rings. The monoisotopic (exact) mass is 280 g/mol. The average Bonchev–Trinajstić information content (AvgIpc) is 2.29. The first-order chi connectivity index (χ1) is 8.40. The van der Waals surface area contributed by atoms with Crippen molar-refractivity contribution >= 4 is 9.84 Å². The Morgan fingerprint density at radius 3 is 2.50 bits per heavy atom. The fourth-order valence-electron chi connectivity index (χ4n) is 2.38. The number of aliphatic hydroxyl groups excluding tert-OH is 1. The molecule has 1 unspecified atom stereocenters. The van der Waals surface area contributed by atoms with Crippen LogP contribution in [0.1, 0.15) is 32.6 Å². The maximum Gasteiger partial charge on any atom is 0.147 e. The molecule has 0 radical (unpaired) electrons. The lowest BCUT2D eigenvalue weighted by molar-refractivity contribution is -0.167. The number of hydrogen-bond donors (Lipinski definition) is 1. The summed E-state index contributed by atoms with van der Waals surface area (Å²) in [5.74, 6) is 0.114. The molecule has 108 valence electrons. The van der Waals surface area contributed by atoms with Crippen molar-refractivity contribution in [3.8, 4) is 0 Å². The summed E-state index contributed by atoms with van der Waals surface area (Å²) in [5.41, 5.74) is -0.551. The Hall–Kier alpha value is -0.170. The lowest BCUT2D eigenvalue weighted by Gasteiger charge is -2.40. The van der Waals surface area contributed by atoms with E-state index in [9.17, 15) is 13.5 Å². The van der Waals surface area contributed by atoms with E-state index >= 15 is 0 Å². The molecule has 0 aromatic carbocycles. The maximum atomic E-state index is 11.1. The molecule has 0 aromatic rings. The largest absolute Gasteiger partial charge is 0.390 e. The third-order valence-electron chi connectivity index (χ3n) is 3.37. The Bertz CT molecular complexity index is 327. The Labute approximate surface area is 109 Å². The van der Waals surface area contributed by atoms with Gasteiger partial charge in [0, 0.05) is 44.7 Å². The fraction of sp³-hybridized carbons (Fsp3) is 1.00. The van der Waals surface area contributed by atoms with Crippen LogP contribution in [-0.4, -0.2) is 57.1 Å². The maximum absolute atomic E-state index is 11.1. The van der Waals surface area contributed by atoms with Crippen molar-refractivity contribution in [3.05, 3.63) is 0 Å². The first kappa shape index (κ1) is 15.9. The van der Waals surface area contributed by atoms with Crippen molar-refractivity contribution < 1.29 is 23.0 Å². The molecule has 5 nitrogen and oxygen atoms in total. The lowest BCUT2D eigenvalue weighted by atomic mass is 9.85. The van der Waals surface area contributed by atoms with Gasteiger partial charge in [0.1, 0.15) is 9.84 Å². The Balaban J connectivity index is 2.51. The third kappa shape index (κ3) is 4.84. The molecular weight excluding hydrogens is 256 g/mol. The van der Waals surface area contributed by atoms with E-state index in [0.29, 0.717) is 45.5 Å². The van der Waals surface area contributed by atoms with Gasteiger partial charge in [-0.25, -0.2) is 8.42 Å². The van der Waals surface area contributed by atoms with Crippen LogP contribution in [0.2, 0.25) is 0 Å². The molecule has 6 heteroatoms. The van der Waals surface area contributed by atoms with Gasteiger partial charge >= 0.3 is 0 Å². The molecule has 0 amide bonds. The lowest BCUT2D eigenvalue weighted by Crippen LogP contribution is -2.49. The van der Waals surface area contributed by atoms with Crippen LogP contribution in [0.15, 0.2) is 0 Å². The zero-order valence-electron chi connectivity index (χ0n) is 11.2. The first-order valence-electron chi connectivity index (χ1n) is 6.47. The SMILES string of the molecule is CCOC1(C(O)CCCS(C)(=O)=O)CCOCC1. The minimum absolute atomic E-state index is 0.114. The number of aliphatic hydroxyl groups is 1. The second-order valence-electron chi connectivity index (χ2n) is 4.90. The standard InChI is InChI=1S/C12H24O5S/c1-3-17-12(6-8-16-9-7-12)11(13)5-4-10-18(2,14)15/h11,13H,3-10H2,1-2H3. The highest BCUT2D eigenvalue weighted by Gasteiger charge is 2.40. The number of sulfone groups is 1. The van der Waals surface area contributed by atoms with Crippen molar-refractivity contribution in [2.45, 2.75) is 44.3 Å². The van der Waals surface area contributed by atoms with E-state index in [2.05, 4.69) is 0 Å². The molecule has 1 rings (SSSR count). The van der Waals surface area contributed by atoms with Crippen LogP contribution in [0.3, 0.4) is 0 Å². The van der Waals surface area contributed by atoms with Gasteiger partial charge in [-0.2, -0.15) is 0 Å². The topological polar surface area (TPSA) is 72.8 Å². The van der Waals surface area contributed by atoms with Gasteiger partial charge in [0.15, 0.2) is 0 Å². The highest BCUT2D eigenvalue weighted by Crippen LogP contribution is 2.31. The van der Waals surface area contributed by atoms with Crippen LogP contribution in [0, 0.1) is 0 Å². The molecular formula is C12H24O5S. The summed E-state index contributed by atoms with van der Waals surface area (Å²) in [5, 5.41) is 10.3. The van der Waals surface area contributed by atoms with E-state index in [0.717, 1.165) is 0 Å². The van der Waals surface area contributed by atoms with E-state index in [4.69, 9.17) is 9.47 Å². The first-order valence-corrected chi connectivity index (χ1v) is 8.53. The summed E-state index contributed by atoms with van der Waals surface area (Å²) in [6, 6.07) is 0. The van der Waals surface area contributed by atoms with Gasteiger partial charge in [-0.15, -0.1) is 0 Å². The summed E-state index contributed by atoms with van der Waals surface area (Å²) < 4.78 is 33.2. The zero-order valence-corrected chi connectivity index (χ0v) is 12.0. The van der Waals surface area contributed by atoms with E-state index in [1.807, 2.05) is 6.92 Å². The van der Waals surface area contributed by atoms with E-state index in [1.165, 1.54) is 6.26 Å². The molecule has 0 saturated carbocycles. The Morgan fingerprint density at radius 2 is 2.00 bits per heavy atom. The molecule has 1 fully saturated rings. The molecule has 18 heavy (non-hydrogen) atoms. The van der Waals surface area contributed by atoms with Crippen molar-refractivity contribution in [2.75, 3.05) is 31.8 Å². The second kappa shape index (κ2) is 6.84. The smallest absolute Gasteiger partial charge is 0.147 e. The van der Waals surface area contributed by atoms with E-state index < -0.39 is 21.5 Å². The zero-order chi connectivity index (χ0) is 13.6. The van der Waals surface area contributed by atoms with Crippen LogP contribution < -0.4 is 0 Å². The van der Waals surface area contributed by atoms with Crippen molar-refractivity contribution in [1.82, 2.24) is 0 Å². The Morgan fingerprint density at radius 1 is 1.39 bits per heavy atom. The van der Waals surface area contributed by atoms with Crippen LogP contribution >= 0.6 is 0 Å². The van der Waals surface area contributed by atoms with Gasteiger partial charge in [0.2, 0.25) is 0 Å². The van der Waals surface area contributed by atoms with Gasteiger partial charge in [0.25, 0.3) is 0 Å². The molecule has 0 bridgehead atoms. The molecule has 0 aromatic heterocycles. The Kier molecular flexibility index (Phi) is 6.04. The van der Waals surface area contributed by atoms with Gasteiger partial charge in [-0.3, -0.25) is 0 Å². The molecule has 1 saturated heterocycles. The van der Waals surface area contributed by atoms with Crippen molar-refractivity contribution in [1.29, 1.82) is 0 Å². The van der Waals surface area contributed by atoms with Gasteiger partial charge in [-0.1, -0.05) is 0 Å². The number of hydrogen-bond acceptors (Lipinski definition) is 5. The van der Waals surface area contributed by atoms with Gasteiger partial charge in [0.05, 0.1) is 11.7 Å². The van der Waals surface area contributed by atoms with E-state index in [1.54, 1.807) is 0 Å². The third-order valence-corrected chi connectivity index (χ3v) is 4.40. The van der Waals surface area contributed by atoms with Crippen molar-refractivity contribution in [3.63, 3.8) is 0 Å². The minimum atomic E-state index is -2.96. The molecule has 0 spiro atoms.